The first-order valence-electron chi connectivity index (χ1n) is 6.30. The molecule has 110 valence electrons. The van der Waals surface area contributed by atoms with E-state index in [2.05, 4.69) is 0 Å². The fourth-order valence-corrected chi connectivity index (χ4v) is 1.85. The van der Waals surface area contributed by atoms with Crippen LogP contribution >= 0.6 is 0 Å². The number of rotatable bonds is 5. The van der Waals surface area contributed by atoms with Gasteiger partial charge in [-0.15, -0.1) is 0 Å². The van der Waals surface area contributed by atoms with Crippen LogP contribution in [-0.4, -0.2) is 10.0 Å². The average molecular weight is 291 g/mol. The first-order chi connectivity index (χ1) is 9.95. The minimum absolute atomic E-state index is 0.00185. The van der Waals surface area contributed by atoms with Gasteiger partial charge in [-0.3, -0.25) is 10.1 Å². The molecule has 0 saturated carbocycles. The van der Waals surface area contributed by atoms with Crippen molar-refractivity contribution in [3.8, 4) is 5.75 Å². The van der Waals surface area contributed by atoms with Crippen molar-refractivity contribution in [3.63, 3.8) is 0 Å². The minimum Gasteiger partial charge on any atom is -0.489 e. The molecular formula is C15H14FNO4. The van der Waals surface area contributed by atoms with E-state index in [0.29, 0.717) is 16.9 Å². The third-order valence-corrected chi connectivity index (χ3v) is 2.90. The number of nitrogens with zero attached hydrogens (tertiary/aromatic N) is 1. The second-order valence-corrected chi connectivity index (χ2v) is 4.61. The fraction of sp³-hybridized carbons (Fsp3) is 0.200. The molecule has 0 aliphatic rings. The first-order valence-corrected chi connectivity index (χ1v) is 6.30. The van der Waals surface area contributed by atoms with Crippen LogP contribution < -0.4 is 4.74 Å². The second-order valence-electron chi connectivity index (χ2n) is 4.61. The molecule has 1 atom stereocenters. The molecule has 0 saturated heterocycles. The molecule has 0 radical (unpaired) electrons. The summed E-state index contributed by atoms with van der Waals surface area (Å²) < 4.78 is 18.8. The zero-order valence-electron chi connectivity index (χ0n) is 11.3. The van der Waals surface area contributed by atoms with Crippen molar-refractivity contribution in [3.05, 3.63) is 69.5 Å². The van der Waals surface area contributed by atoms with Gasteiger partial charge in [0.2, 0.25) is 0 Å². The van der Waals surface area contributed by atoms with Crippen molar-refractivity contribution < 1.29 is 19.2 Å². The largest absolute Gasteiger partial charge is 0.489 e. The number of ether oxygens (including phenoxy) is 1. The number of nitro groups is 1. The Bertz CT molecular complexity index is 658. The summed E-state index contributed by atoms with van der Waals surface area (Å²) in [6, 6.07) is 10.2. The van der Waals surface area contributed by atoms with Crippen LogP contribution in [0.4, 0.5) is 10.1 Å². The summed E-state index contributed by atoms with van der Waals surface area (Å²) in [5.74, 6) is -0.180. The van der Waals surface area contributed by atoms with Crippen LogP contribution in [-0.2, 0) is 6.61 Å². The van der Waals surface area contributed by atoms with Gasteiger partial charge in [0.15, 0.2) is 0 Å². The SMILES string of the molecule is C[C@H](O)c1cccc(OCc2cc(F)cc([N+](=O)[O-])c2)c1. The molecule has 5 nitrogen and oxygen atoms in total. The highest BCUT2D eigenvalue weighted by molar-refractivity contribution is 5.35. The molecule has 0 heterocycles. The number of non-ortho nitro benzene ring substituents is 1. The van der Waals surface area contributed by atoms with E-state index in [1.54, 1.807) is 31.2 Å². The number of halogens is 1. The number of hydrogen-bond acceptors (Lipinski definition) is 4. The molecule has 0 aliphatic heterocycles. The quantitative estimate of drug-likeness (QED) is 0.677. The van der Waals surface area contributed by atoms with Crippen molar-refractivity contribution in [1.29, 1.82) is 0 Å². The lowest BCUT2D eigenvalue weighted by molar-refractivity contribution is -0.385. The van der Waals surface area contributed by atoms with E-state index in [1.165, 1.54) is 12.1 Å². The molecule has 1 N–H and O–H groups in total. The van der Waals surface area contributed by atoms with Gasteiger partial charge in [0, 0.05) is 6.07 Å². The van der Waals surface area contributed by atoms with Crippen molar-refractivity contribution in [2.24, 2.45) is 0 Å². The molecule has 6 heteroatoms. The number of benzene rings is 2. The summed E-state index contributed by atoms with van der Waals surface area (Å²) >= 11 is 0. The molecular weight excluding hydrogens is 277 g/mol. The summed E-state index contributed by atoms with van der Waals surface area (Å²) in [7, 11) is 0. The molecule has 0 unspecified atom stereocenters. The van der Waals surface area contributed by atoms with Crippen molar-refractivity contribution in [2.75, 3.05) is 0 Å². The van der Waals surface area contributed by atoms with E-state index in [0.717, 1.165) is 6.07 Å². The molecule has 0 aromatic heterocycles. The van der Waals surface area contributed by atoms with Gasteiger partial charge in [0.25, 0.3) is 5.69 Å². The van der Waals surface area contributed by atoms with E-state index in [9.17, 15) is 19.6 Å². The maximum absolute atomic E-state index is 13.3. The average Bonchev–Trinajstić information content (AvgIpc) is 2.45. The van der Waals surface area contributed by atoms with E-state index >= 15 is 0 Å². The smallest absolute Gasteiger partial charge is 0.272 e. The molecule has 2 aromatic carbocycles. The van der Waals surface area contributed by atoms with Gasteiger partial charge >= 0.3 is 0 Å². The Labute approximate surface area is 120 Å². The van der Waals surface area contributed by atoms with E-state index in [1.807, 2.05) is 0 Å². The highest BCUT2D eigenvalue weighted by atomic mass is 19.1. The minimum atomic E-state index is -0.680. The number of nitro benzene ring substituents is 1. The fourth-order valence-electron chi connectivity index (χ4n) is 1.85. The Morgan fingerprint density at radius 2 is 2.10 bits per heavy atom. The van der Waals surface area contributed by atoms with Gasteiger partial charge in [-0.2, -0.15) is 0 Å². The van der Waals surface area contributed by atoms with Crippen LogP contribution in [0.1, 0.15) is 24.2 Å². The third kappa shape index (κ3) is 4.00. The zero-order valence-corrected chi connectivity index (χ0v) is 11.3. The lowest BCUT2D eigenvalue weighted by Gasteiger charge is -2.09. The summed E-state index contributed by atoms with van der Waals surface area (Å²) in [4.78, 5) is 10.0. The Balaban J connectivity index is 2.13. The number of hydrogen-bond donors (Lipinski definition) is 1. The molecule has 0 spiro atoms. The summed E-state index contributed by atoms with van der Waals surface area (Å²) in [5, 5.41) is 20.2. The monoisotopic (exact) mass is 291 g/mol. The maximum Gasteiger partial charge on any atom is 0.272 e. The molecule has 2 rings (SSSR count). The van der Waals surface area contributed by atoms with Crippen LogP contribution in [0.5, 0.6) is 5.75 Å². The Morgan fingerprint density at radius 3 is 2.76 bits per heavy atom. The highest BCUT2D eigenvalue weighted by Crippen LogP contribution is 2.21. The maximum atomic E-state index is 13.3. The van der Waals surface area contributed by atoms with Gasteiger partial charge in [0.1, 0.15) is 18.2 Å². The predicted octanol–water partition coefficient (Wildman–Crippen LogP) is 3.37. The van der Waals surface area contributed by atoms with Gasteiger partial charge in [-0.25, -0.2) is 4.39 Å². The van der Waals surface area contributed by atoms with Crippen LogP contribution in [0.3, 0.4) is 0 Å². The number of aliphatic hydroxyl groups is 1. The normalized spacial score (nSPS) is 12.0. The van der Waals surface area contributed by atoms with Crippen LogP contribution in [0.15, 0.2) is 42.5 Å². The van der Waals surface area contributed by atoms with Gasteiger partial charge in [-0.05, 0) is 36.2 Å². The number of aliphatic hydroxyl groups excluding tert-OH is 1. The van der Waals surface area contributed by atoms with E-state index < -0.39 is 16.8 Å². The van der Waals surface area contributed by atoms with Gasteiger partial charge in [0.05, 0.1) is 17.1 Å². The topological polar surface area (TPSA) is 72.6 Å². The van der Waals surface area contributed by atoms with Crippen molar-refractivity contribution >= 4 is 5.69 Å². The van der Waals surface area contributed by atoms with Crippen molar-refractivity contribution in [2.45, 2.75) is 19.6 Å². The molecule has 0 amide bonds. The zero-order chi connectivity index (χ0) is 15.4. The van der Waals surface area contributed by atoms with Crippen LogP contribution in [0.25, 0.3) is 0 Å². The van der Waals surface area contributed by atoms with Crippen LogP contribution in [0.2, 0.25) is 0 Å². The Kier molecular flexibility index (Phi) is 4.49. The predicted molar refractivity (Wildman–Crippen MR) is 74.5 cm³/mol. The lowest BCUT2D eigenvalue weighted by Crippen LogP contribution is -1.99. The molecule has 0 fully saturated rings. The van der Waals surface area contributed by atoms with E-state index in [4.69, 9.17) is 4.74 Å². The lowest BCUT2D eigenvalue weighted by atomic mass is 10.1. The molecule has 0 bridgehead atoms. The highest BCUT2D eigenvalue weighted by Gasteiger charge is 2.10. The standard InChI is InChI=1S/C15H14FNO4/c1-10(18)12-3-2-4-15(7-12)21-9-11-5-13(16)8-14(6-11)17(19)20/h2-8,10,18H,9H2,1H3/t10-/m0/s1. The van der Waals surface area contributed by atoms with Gasteiger partial charge < -0.3 is 9.84 Å². The summed E-state index contributed by atoms with van der Waals surface area (Å²) in [6.07, 6.45) is -0.621. The molecule has 0 aliphatic carbocycles. The van der Waals surface area contributed by atoms with Crippen molar-refractivity contribution in [1.82, 2.24) is 0 Å². The van der Waals surface area contributed by atoms with Gasteiger partial charge in [-0.1, -0.05) is 12.1 Å². The summed E-state index contributed by atoms with van der Waals surface area (Å²) in [6.45, 7) is 1.64. The third-order valence-electron chi connectivity index (χ3n) is 2.90. The summed E-state index contributed by atoms with van der Waals surface area (Å²) in [5.41, 5.74) is 0.744. The molecule has 2 aromatic rings. The second kappa shape index (κ2) is 6.32. The van der Waals surface area contributed by atoms with E-state index in [-0.39, 0.29) is 12.3 Å². The Morgan fingerprint density at radius 1 is 1.33 bits per heavy atom. The Hall–Kier alpha value is -2.47. The van der Waals surface area contributed by atoms with Crippen LogP contribution in [0, 0.1) is 15.9 Å². The molecule has 21 heavy (non-hydrogen) atoms. The first kappa shape index (κ1) is 14.9.